The van der Waals surface area contributed by atoms with Gasteiger partial charge in [-0.25, -0.2) is 18.6 Å². The summed E-state index contributed by atoms with van der Waals surface area (Å²) in [7, 11) is -4.94. The number of rotatable bonds is 6. The van der Waals surface area contributed by atoms with E-state index in [0.717, 1.165) is 36.6 Å². The van der Waals surface area contributed by atoms with E-state index in [0.29, 0.717) is 0 Å². The smallest absolute Gasteiger partial charge is 0.374 e. The fraction of sp³-hybridized carbons (Fsp3) is 0.194. The zero-order valence-electron chi connectivity index (χ0n) is 23.0. The van der Waals surface area contributed by atoms with Crippen molar-refractivity contribution in [1.82, 2.24) is 4.57 Å². The molecule has 0 fully saturated rings. The molecule has 0 atom stereocenters. The van der Waals surface area contributed by atoms with Crippen LogP contribution in [0.5, 0.6) is 0 Å². The van der Waals surface area contributed by atoms with Crippen molar-refractivity contribution < 1.29 is 37.9 Å². The van der Waals surface area contributed by atoms with Crippen molar-refractivity contribution in [3.05, 3.63) is 95.1 Å². The standard InChI is InChI=1S/C31H30N3OS.ClHO4/c1-4-32-24(19-20-30-33(5-2)25-15-9-11-17-28(25)35-30)22-13-7-8-14-23(22)27(32)21-31-34(6-3)26-16-10-12-18-29(26)36-31;2-1(3,4)5/h7-21H,4-6H2,1-3H3;(H,2,3,4,5)/q+1;/p-1. The average molecular weight is 592 g/mol. The van der Waals surface area contributed by atoms with Gasteiger partial charge in [-0.2, -0.15) is 4.57 Å². The van der Waals surface area contributed by atoms with Crippen LogP contribution in [0.15, 0.2) is 87.1 Å². The number of aromatic nitrogens is 2. The molecule has 0 bridgehead atoms. The average Bonchev–Trinajstić information content (AvgIpc) is 3.59. The van der Waals surface area contributed by atoms with Gasteiger partial charge in [0.05, 0.1) is 22.5 Å². The van der Waals surface area contributed by atoms with Crippen molar-refractivity contribution in [3.8, 4) is 0 Å². The van der Waals surface area contributed by atoms with Gasteiger partial charge >= 0.3 is 5.89 Å². The lowest BCUT2D eigenvalue weighted by Crippen LogP contribution is -2.68. The summed E-state index contributed by atoms with van der Waals surface area (Å²) in [6.45, 7) is 9.28. The number of thioether (sulfide) groups is 1. The minimum atomic E-state index is -4.94. The van der Waals surface area contributed by atoms with Crippen molar-refractivity contribution in [1.29, 1.82) is 0 Å². The first-order chi connectivity index (χ1) is 19.7. The molecule has 1 aliphatic rings. The summed E-state index contributed by atoms with van der Waals surface area (Å²) in [5.74, 6) is 0.866. The van der Waals surface area contributed by atoms with Gasteiger partial charge in [0.1, 0.15) is 6.54 Å². The Labute approximate surface area is 244 Å². The first kappa shape index (κ1) is 28.9. The van der Waals surface area contributed by atoms with Crippen LogP contribution >= 0.6 is 11.8 Å². The van der Waals surface area contributed by atoms with Crippen LogP contribution < -0.4 is 28.1 Å². The Morgan fingerprint density at radius 1 is 0.805 bits per heavy atom. The predicted octanol–water partition coefficient (Wildman–Crippen LogP) is 3.06. The van der Waals surface area contributed by atoms with E-state index in [1.54, 1.807) is 0 Å². The van der Waals surface area contributed by atoms with Gasteiger partial charge in [-0.15, -0.1) is 10.2 Å². The fourth-order valence-corrected chi connectivity index (χ4v) is 6.45. The molecular formula is C31H30ClN3O5S. The third-order valence-electron chi connectivity index (χ3n) is 6.93. The molecule has 0 spiro atoms. The van der Waals surface area contributed by atoms with Crippen LogP contribution in [0.4, 0.5) is 5.69 Å². The number of fused-ring (bicyclic) bond motifs is 3. The molecule has 0 amide bonds. The van der Waals surface area contributed by atoms with Gasteiger partial charge in [0.15, 0.2) is 0 Å². The van der Waals surface area contributed by atoms with Crippen LogP contribution in [0.3, 0.4) is 0 Å². The number of hydrogen-bond acceptors (Lipinski definition) is 7. The minimum Gasteiger partial charge on any atom is -0.398 e. The molecule has 10 heteroatoms. The van der Waals surface area contributed by atoms with Crippen LogP contribution in [0.2, 0.25) is 0 Å². The Morgan fingerprint density at radius 3 is 2.12 bits per heavy atom. The molecule has 212 valence electrons. The molecule has 0 radical (unpaired) electrons. The second-order valence-electron chi connectivity index (χ2n) is 9.22. The summed E-state index contributed by atoms with van der Waals surface area (Å²) in [5.41, 5.74) is 5.78. The van der Waals surface area contributed by atoms with Crippen LogP contribution in [0, 0.1) is 10.2 Å². The quantitative estimate of drug-likeness (QED) is 0.279. The number of benzene rings is 3. The summed E-state index contributed by atoms with van der Waals surface area (Å²) in [6, 6.07) is 25.6. The SMILES string of the molecule is CCN1C(=Cc2c3ccccc3c(C=Cc3oc4ccccc4[n+]3CC)n2CC)Sc2ccccc21.[O-][Cl+3]([O-])([O-])[O-]. The normalized spacial score (nSPS) is 14.3. The number of halogens is 1. The van der Waals surface area contributed by atoms with Crippen molar-refractivity contribution in [2.24, 2.45) is 0 Å². The number of nitrogens with zero attached hydrogens (tertiary/aromatic N) is 3. The fourth-order valence-electron chi connectivity index (χ4n) is 5.28. The van der Waals surface area contributed by atoms with E-state index in [-0.39, 0.29) is 0 Å². The van der Waals surface area contributed by atoms with E-state index in [9.17, 15) is 0 Å². The van der Waals surface area contributed by atoms with Crippen molar-refractivity contribution in [2.45, 2.75) is 38.8 Å². The topological polar surface area (TPSA) is 117 Å². The molecule has 0 saturated carbocycles. The van der Waals surface area contributed by atoms with Crippen molar-refractivity contribution >= 4 is 57.5 Å². The second-order valence-corrected chi connectivity index (χ2v) is 11.0. The molecule has 0 saturated heterocycles. The molecule has 6 rings (SSSR count). The molecule has 41 heavy (non-hydrogen) atoms. The first-order valence-electron chi connectivity index (χ1n) is 13.3. The maximum atomic E-state index is 8.49. The van der Waals surface area contributed by atoms with Gasteiger partial charge in [-0.1, -0.05) is 60.3 Å². The lowest BCUT2D eigenvalue weighted by molar-refractivity contribution is -2.00. The highest BCUT2D eigenvalue weighted by atomic mass is 35.7. The lowest BCUT2D eigenvalue weighted by Gasteiger charge is -2.18. The Bertz CT molecular complexity index is 1750. The molecule has 5 aromatic rings. The third kappa shape index (κ3) is 6.06. The van der Waals surface area contributed by atoms with E-state index in [1.807, 2.05) is 23.9 Å². The Kier molecular flexibility index (Phi) is 8.55. The zero-order chi connectivity index (χ0) is 29.1. The maximum Gasteiger partial charge on any atom is 0.374 e. The van der Waals surface area contributed by atoms with Gasteiger partial charge in [0.2, 0.25) is 5.58 Å². The van der Waals surface area contributed by atoms with Gasteiger partial charge in [-0.05, 0) is 51.1 Å². The summed E-state index contributed by atoms with van der Waals surface area (Å²) in [4.78, 5) is 3.73. The molecule has 2 aromatic heterocycles. The number of oxazole rings is 1. The summed E-state index contributed by atoms with van der Waals surface area (Å²) < 4.78 is 44.8. The third-order valence-corrected chi connectivity index (χ3v) is 8.04. The van der Waals surface area contributed by atoms with Gasteiger partial charge in [-0.3, -0.25) is 0 Å². The molecule has 8 nitrogen and oxygen atoms in total. The number of anilines is 1. The van der Waals surface area contributed by atoms with Crippen LogP contribution in [-0.4, -0.2) is 11.1 Å². The summed E-state index contributed by atoms with van der Waals surface area (Å²) in [5, 5.41) is 3.80. The highest BCUT2D eigenvalue weighted by molar-refractivity contribution is 8.03. The monoisotopic (exact) mass is 591 g/mol. The molecular weight excluding hydrogens is 562 g/mol. The van der Waals surface area contributed by atoms with Gasteiger partial charge < -0.3 is 13.9 Å². The van der Waals surface area contributed by atoms with E-state index >= 15 is 0 Å². The van der Waals surface area contributed by atoms with Crippen molar-refractivity contribution in [2.75, 3.05) is 11.4 Å². The molecule has 3 aromatic carbocycles. The lowest BCUT2D eigenvalue weighted by atomic mass is 10.1. The van der Waals surface area contributed by atoms with E-state index in [1.165, 1.54) is 37.8 Å². The molecule has 1 aliphatic heterocycles. The molecule has 3 heterocycles. The van der Waals surface area contributed by atoms with E-state index in [2.05, 4.69) is 114 Å². The molecule has 0 unspecified atom stereocenters. The highest BCUT2D eigenvalue weighted by Gasteiger charge is 2.25. The van der Waals surface area contributed by atoms with Crippen LogP contribution in [0.25, 0.3) is 40.1 Å². The highest BCUT2D eigenvalue weighted by Crippen LogP contribution is 2.47. The molecule has 0 aliphatic carbocycles. The van der Waals surface area contributed by atoms with E-state index in [4.69, 9.17) is 23.1 Å². The van der Waals surface area contributed by atoms with E-state index < -0.39 is 10.2 Å². The Balaban J connectivity index is 0.000000623. The van der Waals surface area contributed by atoms with Gasteiger partial charge in [0.25, 0.3) is 5.52 Å². The first-order valence-corrected chi connectivity index (χ1v) is 15.4. The Hall–Kier alpha value is -3.57. The predicted molar refractivity (Wildman–Crippen MR) is 152 cm³/mol. The van der Waals surface area contributed by atoms with Crippen LogP contribution in [0.1, 0.15) is 38.0 Å². The summed E-state index contributed by atoms with van der Waals surface area (Å²) >= 11 is 1.86. The Morgan fingerprint density at radius 2 is 1.44 bits per heavy atom. The number of aryl methyl sites for hydroxylation is 1. The largest absolute Gasteiger partial charge is 0.398 e. The second kappa shape index (κ2) is 12.1. The number of hydrogen-bond donors (Lipinski definition) is 0. The number of para-hydroxylation sites is 3. The van der Waals surface area contributed by atoms with Crippen molar-refractivity contribution in [3.63, 3.8) is 0 Å². The van der Waals surface area contributed by atoms with Crippen LogP contribution in [-0.2, 0) is 13.1 Å². The van der Waals surface area contributed by atoms with Gasteiger partial charge in [0, 0.05) is 40.5 Å². The zero-order valence-corrected chi connectivity index (χ0v) is 24.5. The minimum absolute atomic E-state index is 0.855. The molecule has 0 N–H and O–H groups in total. The maximum absolute atomic E-state index is 8.49. The summed E-state index contributed by atoms with van der Waals surface area (Å²) in [6.07, 6.45) is 6.70.